The van der Waals surface area contributed by atoms with Gasteiger partial charge in [-0.25, -0.2) is 9.78 Å². The van der Waals surface area contributed by atoms with Crippen LogP contribution in [0.1, 0.15) is 15.9 Å². The summed E-state index contributed by atoms with van der Waals surface area (Å²) in [5.41, 5.74) is 5.36. The molecular weight excluding hydrogens is 326 g/mol. The third kappa shape index (κ3) is 3.15. The van der Waals surface area contributed by atoms with Crippen LogP contribution in [0.3, 0.4) is 0 Å². The second-order valence-electron chi connectivity index (χ2n) is 6.01. The number of carboxylic acid groups (broad SMARTS) is 1. The molecule has 2 N–H and O–H groups in total. The van der Waals surface area contributed by atoms with Gasteiger partial charge in [-0.2, -0.15) is 0 Å². The summed E-state index contributed by atoms with van der Waals surface area (Å²) < 4.78 is 2.06. The molecule has 1 heterocycles. The number of aromatic carboxylic acids is 1. The molecule has 128 valence electrons. The van der Waals surface area contributed by atoms with Gasteiger partial charge in [-0.3, -0.25) is 4.57 Å². The first-order valence-electron chi connectivity index (χ1n) is 8.29. The molecule has 5 heteroatoms. The van der Waals surface area contributed by atoms with Gasteiger partial charge in [0, 0.05) is 17.9 Å². The summed E-state index contributed by atoms with van der Waals surface area (Å²) in [7, 11) is 0. The predicted molar refractivity (Wildman–Crippen MR) is 102 cm³/mol. The minimum atomic E-state index is -0.912. The number of nitrogens with zero attached hydrogens (tertiary/aromatic N) is 2. The van der Waals surface area contributed by atoms with Crippen molar-refractivity contribution >= 4 is 22.7 Å². The van der Waals surface area contributed by atoms with E-state index in [2.05, 4.69) is 20.9 Å². The van der Waals surface area contributed by atoms with E-state index in [4.69, 9.17) is 5.11 Å². The summed E-state index contributed by atoms with van der Waals surface area (Å²) in [6.07, 6.45) is 1.83. The zero-order valence-corrected chi connectivity index (χ0v) is 14.0. The van der Waals surface area contributed by atoms with Crippen molar-refractivity contribution in [3.05, 3.63) is 90.3 Å². The maximum absolute atomic E-state index is 10.9. The van der Waals surface area contributed by atoms with E-state index in [0.717, 1.165) is 28.0 Å². The van der Waals surface area contributed by atoms with E-state index in [-0.39, 0.29) is 0 Å². The van der Waals surface area contributed by atoms with E-state index >= 15 is 0 Å². The van der Waals surface area contributed by atoms with Crippen molar-refractivity contribution in [1.29, 1.82) is 0 Å². The van der Waals surface area contributed by atoms with Crippen LogP contribution in [0.15, 0.2) is 79.1 Å². The molecule has 0 aliphatic carbocycles. The number of imidazole rings is 1. The summed E-state index contributed by atoms with van der Waals surface area (Å²) in [5.74, 6) is -0.912. The maximum Gasteiger partial charge on any atom is 0.335 e. The number of para-hydroxylation sites is 2. The molecule has 0 aliphatic rings. The smallest absolute Gasteiger partial charge is 0.335 e. The number of rotatable bonds is 5. The Kier molecular flexibility index (Phi) is 4.11. The van der Waals surface area contributed by atoms with E-state index in [1.54, 1.807) is 12.1 Å². The molecule has 0 unspecified atom stereocenters. The Morgan fingerprint density at radius 2 is 1.81 bits per heavy atom. The molecule has 0 fully saturated rings. The van der Waals surface area contributed by atoms with Gasteiger partial charge in [-0.1, -0.05) is 30.3 Å². The highest BCUT2D eigenvalue weighted by atomic mass is 16.4. The fourth-order valence-electron chi connectivity index (χ4n) is 2.90. The SMILES string of the molecule is O=C(O)c1ccc(CNc2cccc(-n3cnc4ccccc43)c2)cc1. The molecule has 0 amide bonds. The minimum Gasteiger partial charge on any atom is -0.478 e. The lowest BCUT2D eigenvalue weighted by atomic mass is 10.1. The quantitative estimate of drug-likeness (QED) is 0.566. The second kappa shape index (κ2) is 6.72. The van der Waals surface area contributed by atoms with Gasteiger partial charge in [-0.15, -0.1) is 0 Å². The van der Waals surface area contributed by atoms with Crippen LogP contribution in [0.4, 0.5) is 5.69 Å². The summed E-state index contributed by atoms with van der Waals surface area (Å²) in [4.78, 5) is 15.3. The van der Waals surface area contributed by atoms with Crippen molar-refractivity contribution in [3.63, 3.8) is 0 Å². The van der Waals surface area contributed by atoms with Crippen molar-refractivity contribution in [1.82, 2.24) is 9.55 Å². The molecule has 0 aliphatic heterocycles. The number of aromatic nitrogens is 2. The van der Waals surface area contributed by atoms with Crippen LogP contribution in [0.2, 0.25) is 0 Å². The van der Waals surface area contributed by atoms with E-state index in [1.807, 2.05) is 60.9 Å². The van der Waals surface area contributed by atoms with Crippen molar-refractivity contribution in [2.45, 2.75) is 6.54 Å². The van der Waals surface area contributed by atoms with Crippen LogP contribution >= 0.6 is 0 Å². The zero-order chi connectivity index (χ0) is 17.9. The van der Waals surface area contributed by atoms with Crippen LogP contribution in [0.25, 0.3) is 16.7 Å². The summed E-state index contributed by atoms with van der Waals surface area (Å²) in [6.45, 7) is 0.619. The molecule has 4 aromatic rings. The van der Waals surface area contributed by atoms with Gasteiger partial charge in [-0.05, 0) is 48.0 Å². The number of carbonyl (C=O) groups is 1. The van der Waals surface area contributed by atoms with Crippen LogP contribution in [0.5, 0.6) is 0 Å². The largest absolute Gasteiger partial charge is 0.478 e. The van der Waals surface area contributed by atoms with E-state index in [9.17, 15) is 4.79 Å². The fourth-order valence-corrected chi connectivity index (χ4v) is 2.90. The molecule has 0 saturated carbocycles. The monoisotopic (exact) mass is 343 g/mol. The summed E-state index contributed by atoms with van der Waals surface area (Å²) in [5, 5.41) is 12.3. The number of hydrogen-bond acceptors (Lipinski definition) is 3. The number of carboxylic acids is 1. The summed E-state index contributed by atoms with van der Waals surface area (Å²) >= 11 is 0. The molecule has 0 bridgehead atoms. The highest BCUT2D eigenvalue weighted by molar-refractivity contribution is 5.87. The first kappa shape index (κ1) is 15.9. The minimum absolute atomic E-state index is 0.294. The zero-order valence-electron chi connectivity index (χ0n) is 14.0. The normalized spacial score (nSPS) is 10.8. The molecule has 5 nitrogen and oxygen atoms in total. The second-order valence-corrected chi connectivity index (χ2v) is 6.01. The van der Waals surface area contributed by atoms with Gasteiger partial charge >= 0.3 is 5.97 Å². The Labute approximate surface area is 150 Å². The molecule has 3 aromatic carbocycles. The van der Waals surface area contributed by atoms with Gasteiger partial charge < -0.3 is 10.4 Å². The van der Waals surface area contributed by atoms with Gasteiger partial charge in [0.05, 0.1) is 16.6 Å². The first-order valence-corrected chi connectivity index (χ1v) is 8.29. The van der Waals surface area contributed by atoms with Gasteiger partial charge in [0.25, 0.3) is 0 Å². The first-order chi connectivity index (χ1) is 12.7. The lowest BCUT2D eigenvalue weighted by molar-refractivity contribution is 0.0697. The molecule has 26 heavy (non-hydrogen) atoms. The van der Waals surface area contributed by atoms with E-state index in [0.29, 0.717) is 12.1 Å². The van der Waals surface area contributed by atoms with Crippen LogP contribution in [-0.2, 0) is 6.54 Å². The van der Waals surface area contributed by atoms with Gasteiger partial charge in [0.2, 0.25) is 0 Å². The van der Waals surface area contributed by atoms with Gasteiger partial charge in [0.1, 0.15) is 6.33 Å². The number of benzene rings is 3. The van der Waals surface area contributed by atoms with Crippen molar-refractivity contribution in [3.8, 4) is 5.69 Å². The van der Waals surface area contributed by atoms with Crippen molar-refractivity contribution < 1.29 is 9.90 Å². The number of hydrogen-bond donors (Lipinski definition) is 2. The molecule has 0 atom stereocenters. The van der Waals surface area contributed by atoms with Crippen LogP contribution in [0, 0.1) is 0 Å². The molecule has 0 spiro atoms. The molecule has 1 aromatic heterocycles. The molecular formula is C21H17N3O2. The van der Waals surface area contributed by atoms with E-state index < -0.39 is 5.97 Å². The van der Waals surface area contributed by atoms with Crippen LogP contribution < -0.4 is 5.32 Å². The lowest BCUT2D eigenvalue weighted by Gasteiger charge is -2.10. The highest BCUT2D eigenvalue weighted by Gasteiger charge is 2.05. The van der Waals surface area contributed by atoms with Gasteiger partial charge in [0.15, 0.2) is 0 Å². The predicted octanol–water partition coefficient (Wildman–Crippen LogP) is 4.34. The molecule has 0 saturated heterocycles. The Morgan fingerprint density at radius 1 is 1.00 bits per heavy atom. The molecule has 4 rings (SSSR count). The third-order valence-electron chi connectivity index (χ3n) is 4.28. The molecule has 0 radical (unpaired) electrons. The number of fused-ring (bicyclic) bond motifs is 1. The Bertz CT molecular complexity index is 1070. The van der Waals surface area contributed by atoms with Crippen LogP contribution in [-0.4, -0.2) is 20.6 Å². The number of anilines is 1. The fraction of sp³-hybridized carbons (Fsp3) is 0.0476. The highest BCUT2D eigenvalue weighted by Crippen LogP contribution is 2.21. The Hall–Kier alpha value is -3.60. The summed E-state index contributed by atoms with van der Waals surface area (Å²) in [6, 6.07) is 23.0. The van der Waals surface area contributed by atoms with Crippen molar-refractivity contribution in [2.24, 2.45) is 0 Å². The average Bonchev–Trinajstić information content (AvgIpc) is 3.11. The standard InChI is InChI=1S/C21H17N3O2/c25-21(26)16-10-8-15(9-11-16)13-22-17-4-3-5-18(12-17)24-14-23-19-6-1-2-7-20(19)24/h1-12,14,22H,13H2,(H,25,26). The maximum atomic E-state index is 10.9. The Morgan fingerprint density at radius 3 is 2.62 bits per heavy atom. The van der Waals surface area contributed by atoms with Crippen molar-refractivity contribution in [2.75, 3.05) is 5.32 Å². The number of nitrogens with one attached hydrogen (secondary N) is 1. The Balaban J connectivity index is 1.53. The lowest BCUT2D eigenvalue weighted by Crippen LogP contribution is -2.02. The van der Waals surface area contributed by atoms with E-state index in [1.165, 1.54) is 0 Å². The third-order valence-corrected chi connectivity index (χ3v) is 4.28. The average molecular weight is 343 g/mol. The topological polar surface area (TPSA) is 67.2 Å².